The van der Waals surface area contributed by atoms with Gasteiger partial charge in [0.1, 0.15) is 17.2 Å². The molecule has 0 amide bonds. The maximum Gasteiger partial charge on any atom is 0.126 e. The van der Waals surface area contributed by atoms with Gasteiger partial charge in [-0.25, -0.2) is 0 Å². The van der Waals surface area contributed by atoms with Crippen LogP contribution < -0.4 is 14.2 Å². The maximum atomic E-state index is 6.94. The molecule has 3 aromatic rings. The van der Waals surface area contributed by atoms with Gasteiger partial charge in [0, 0.05) is 22.6 Å². The van der Waals surface area contributed by atoms with E-state index in [1.165, 1.54) is 50.1 Å². The second-order valence-electron chi connectivity index (χ2n) is 18.5. The lowest BCUT2D eigenvalue weighted by atomic mass is 9.74. The Morgan fingerprint density at radius 1 is 0.404 bits per heavy atom. The van der Waals surface area contributed by atoms with Gasteiger partial charge in [0.25, 0.3) is 0 Å². The Hall–Kier alpha value is -2.94. The van der Waals surface area contributed by atoms with Crippen molar-refractivity contribution in [2.45, 2.75) is 184 Å². The molecule has 3 aromatic carbocycles. The van der Waals surface area contributed by atoms with Gasteiger partial charge in [-0.05, 0) is 89.7 Å². The molecule has 0 aliphatic carbocycles. The summed E-state index contributed by atoms with van der Waals surface area (Å²) in [5.74, 6) is 2.83. The Morgan fingerprint density at radius 3 is 0.865 bits per heavy atom. The van der Waals surface area contributed by atoms with Gasteiger partial charge in [-0.15, -0.1) is 0 Å². The summed E-state index contributed by atoms with van der Waals surface area (Å²) >= 11 is 0. The molecule has 0 spiro atoms. The molecule has 0 bridgehead atoms. The van der Waals surface area contributed by atoms with Crippen molar-refractivity contribution >= 4 is 0 Å². The van der Waals surface area contributed by atoms with E-state index < -0.39 is 0 Å². The summed E-state index contributed by atoms with van der Waals surface area (Å²) in [7, 11) is 0. The van der Waals surface area contributed by atoms with Crippen molar-refractivity contribution in [1.82, 2.24) is 0 Å². The van der Waals surface area contributed by atoms with Crippen molar-refractivity contribution in [2.24, 2.45) is 0 Å². The van der Waals surface area contributed by atoms with E-state index in [0.717, 1.165) is 75.0 Å². The van der Waals surface area contributed by atoms with Gasteiger partial charge in [-0.2, -0.15) is 0 Å². The summed E-state index contributed by atoms with van der Waals surface area (Å²) in [4.78, 5) is 0. The summed E-state index contributed by atoms with van der Waals surface area (Å²) in [5, 5.41) is 0. The fraction of sp³-hybridized carbons (Fsp3) is 0.633. The molecule has 0 saturated heterocycles. The zero-order valence-electron chi connectivity index (χ0n) is 36.3. The highest BCUT2D eigenvalue weighted by atomic mass is 16.5. The summed E-state index contributed by atoms with van der Waals surface area (Å²) < 4.78 is 20.8. The average molecular weight is 713 g/mol. The number of ether oxygens (including phenoxy) is 3. The lowest BCUT2D eigenvalue weighted by Crippen LogP contribution is -2.20. The molecule has 0 atom stereocenters. The van der Waals surface area contributed by atoms with Crippen LogP contribution in [0, 0.1) is 20.8 Å². The van der Waals surface area contributed by atoms with Crippen molar-refractivity contribution in [3.05, 3.63) is 86.5 Å². The highest BCUT2D eigenvalue weighted by molar-refractivity contribution is 5.63. The highest BCUT2D eigenvalue weighted by Gasteiger charge is 2.33. The van der Waals surface area contributed by atoms with Crippen LogP contribution in [-0.4, -0.2) is 19.8 Å². The van der Waals surface area contributed by atoms with E-state index in [4.69, 9.17) is 14.2 Å². The number of hydrogen-bond donors (Lipinski definition) is 0. The first-order valence-electron chi connectivity index (χ1n) is 20.7. The monoisotopic (exact) mass is 713 g/mol. The number of hydrogen-bond acceptors (Lipinski definition) is 3. The van der Waals surface area contributed by atoms with E-state index in [0.29, 0.717) is 19.8 Å². The lowest BCUT2D eigenvalue weighted by molar-refractivity contribution is 0.292. The minimum absolute atomic E-state index is 0.0455. The van der Waals surface area contributed by atoms with Gasteiger partial charge in [0.2, 0.25) is 0 Å². The van der Waals surface area contributed by atoms with Crippen molar-refractivity contribution < 1.29 is 14.2 Å². The molecule has 0 heterocycles. The quantitative estimate of drug-likeness (QED) is 0.0971. The van der Waals surface area contributed by atoms with E-state index in [9.17, 15) is 0 Å². The maximum absolute atomic E-state index is 6.94. The number of rotatable bonds is 18. The molecule has 0 N–H and O–H groups in total. The Balaban J connectivity index is 2.61. The standard InChI is InChI=1S/C49H76O3/c1-16-19-22-25-50-44-34(4)28-37(47(7,8)9)31-40(44)43(41-32-38(48(10,11)12)29-35(5)45(41)51-26-23-20-17-2)42-33-39(49(13,14)15)30-36(6)46(42)52-27-24-21-18-3/h28-33,43H,16-27H2,1-15H3. The first-order chi connectivity index (χ1) is 24.3. The van der Waals surface area contributed by atoms with Crippen LogP contribution in [0.4, 0.5) is 0 Å². The van der Waals surface area contributed by atoms with Gasteiger partial charge in [-0.1, -0.05) is 158 Å². The molecule has 3 rings (SSSR count). The first-order valence-corrected chi connectivity index (χ1v) is 20.7. The molecule has 3 heteroatoms. The Kier molecular flexibility index (Phi) is 15.8. The largest absolute Gasteiger partial charge is 0.493 e. The normalized spacial score (nSPS) is 12.5. The van der Waals surface area contributed by atoms with E-state index in [-0.39, 0.29) is 22.2 Å². The fourth-order valence-corrected chi connectivity index (χ4v) is 7.02. The van der Waals surface area contributed by atoms with Crippen LogP contribution in [0.2, 0.25) is 0 Å². The van der Waals surface area contributed by atoms with Crippen LogP contribution >= 0.6 is 0 Å². The van der Waals surface area contributed by atoms with Crippen molar-refractivity contribution in [2.75, 3.05) is 19.8 Å². The van der Waals surface area contributed by atoms with Crippen molar-refractivity contribution in [1.29, 1.82) is 0 Å². The van der Waals surface area contributed by atoms with Gasteiger partial charge >= 0.3 is 0 Å². The van der Waals surface area contributed by atoms with E-state index >= 15 is 0 Å². The summed E-state index contributed by atoms with van der Waals surface area (Å²) in [5.41, 5.74) is 11.0. The molecular formula is C49H76O3. The predicted octanol–water partition coefficient (Wildman–Crippen LogP) is 14.4. The zero-order valence-corrected chi connectivity index (χ0v) is 36.3. The van der Waals surface area contributed by atoms with Gasteiger partial charge in [-0.3, -0.25) is 0 Å². The van der Waals surface area contributed by atoms with Gasteiger partial charge in [0.05, 0.1) is 19.8 Å². The van der Waals surface area contributed by atoms with Crippen LogP contribution in [0.25, 0.3) is 0 Å². The molecule has 3 nitrogen and oxygen atoms in total. The SMILES string of the molecule is CCCCCOc1c(C)cc(C(C)(C)C)cc1C(c1cc(C(C)(C)C)cc(C)c1OCCCCC)c1cc(C(C)(C)C)cc(C)c1OCCCCC. The third kappa shape index (κ3) is 11.5. The third-order valence-electron chi connectivity index (χ3n) is 10.4. The van der Waals surface area contributed by atoms with Crippen LogP contribution in [-0.2, 0) is 16.2 Å². The molecular weight excluding hydrogens is 637 g/mol. The van der Waals surface area contributed by atoms with Crippen LogP contribution in [0.15, 0.2) is 36.4 Å². The topological polar surface area (TPSA) is 27.7 Å². The second-order valence-corrected chi connectivity index (χ2v) is 18.5. The lowest BCUT2D eigenvalue weighted by Gasteiger charge is -2.33. The summed E-state index contributed by atoms with van der Waals surface area (Å²) in [6.07, 6.45) is 10.1. The number of benzene rings is 3. The molecule has 0 aliphatic rings. The average Bonchev–Trinajstić information content (AvgIpc) is 3.04. The van der Waals surface area contributed by atoms with E-state index in [2.05, 4.69) is 140 Å². The fourth-order valence-electron chi connectivity index (χ4n) is 7.02. The molecule has 0 aliphatic heterocycles. The van der Waals surface area contributed by atoms with Gasteiger partial charge in [0.15, 0.2) is 0 Å². The van der Waals surface area contributed by atoms with Crippen molar-refractivity contribution in [3.8, 4) is 17.2 Å². The smallest absolute Gasteiger partial charge is 0.126 e. The van der Waals surface area contributed by atoms with Crippen molar-refractivity contribution in [3.63, 3.8) is 0 Å². The van der Waals surface area contributed by atoms with Crippen LogP contribution in [0.1, 0.15) is 197 Å². The van der Waals surface area contributed by atoms with E-state index in [1.807, 2.05) is 0 Å². The predicted molar refractivity (Wildman–Crippen MR) is 226 cm³/mol. The molecule has 0 radical (unpaired) electrons. The van der Waals surface area contributed by atoms with E-state index in [1.54, 1.807) is 0 Å². The van der Waals surface area contributed by atoms with Gasteiger partial charge < -0.3 is 14.2 Å². The Labute approximate surface area is 320 Å². The van der Waals surface area contributed by atoms with Crippen LogP contribution in [0.5, 0.6) is 17.2 Å². The second kappa shape index (κ2) is 18.9. The third-order valence-corrected chi connectivity index (χ3v) is 10.4. The molecule has 0 fully saturated rings. The first kappa shape index (κ1) is 43.5. The zero-order chi connectivity index (χ0) is 38.9. The number of aryl methyl sites for hydroxylation is 3. The minimum atomic E-state index is -0.175. The number of unbranched alkanes of at least 4 members (excludes halogenated alkanes) is 6. The highest BCUT2D eigenvalue weighted by Crippen LogP contribution is 2.50. The minimum Gasteiger partial charge on any atom is -0.493 e. The molecule has 52 heavy (non-hydrogen) atoms. The Bertz CT molecular complexity index is 1390. The van der Waals surface area contributed by atoms with Crippen LogP contribution in [0.3, 0.4) is 0 Å². The summed E-state index contributed by atoms with van der Waals surface area (Å²) in [6, 6.07) is 14.4. The molecule has 0 aromatic heterocycles. The molecule has 0 unspecified atom stereocenters. The Morgan fingerprint density at radius 2 is 0.654 bits per heavy atom. The molecule has 0 saturated carbocycles. The summed E-state index contributed by atoms with van der Waals surface area (Å²) in [6.45, 7) is 36.5. The molecule has 290 valence electrons.